The molecular weight excluding hydrogens is 184 g/mol. The largest absolute Gasteiger partial charge is 0.319 e. The molecule has 0 bridgehead atoms. The van der Waals surface area contributed by atoms with Crippen LogP contribution in [0.3, 0.4) is 0 Å². The topological polar surface area (TPSA) is 24.9 Å². The summed E-state index contributed by atoms with van der Waals surface area (Å²) < 4.78 is 0. The van der Waals surface area contributed by atoms with Crippen LogP contribution >= 0.6 is 0 Å². The maximum atomic E-state index is 4.24. The predicted octanol–water partition coefficient (Wildman–Crippen LogP) is 2.36. The number of aromatic nitrogens is 1. The summed E-state index contributed by atoms with van der Waals surface area (Å²) in [5, 5.41) is 3.33. The van der Waals surface area contributed by atoms with E-state index in [1.165, 1.54) is 24.8 Å². The second-order valence-electron chi connectivity index (χ2n) is 4.73. The molecule has 2 rings (SSSR count). The summed E-state index contributed by atoms with van der Waals surface area (Å²) in [7, 11) is 2.04. The van der Waals surface area contributed by atoms with Gasteiger partial charge < -0.3 is 5.32 Å². The van der Waals surface area contributed by atoms with Crippen molar-refractivity contribution in [2.45, 2.75) is 31.6 Å². The van der Waals surface area contributed by atoms with Gasteiger partial charge in [-0.3, -0.25) is 4.98 Å². The molecule has 2 heteroatoms. The van der Waals surface area contributed by atoms with Crippen LogP contribution in [0.25, 0.3) is 0 Å². The number of hydrogen-bond donors (Lipinski definition) is 1. The molecule has 0 radical (unpaired) electrons. The highest BCUT2D eigenvalue weighted by molar-refractivity contribution is 5.26. The number of rotatable bonds is 4. The number of likely N-dealkylation sites (N-methyl/N-ethyl adjacent to an activating group) is 1. The lowest BCUT2D eigenvalue weighted by atomic mass is 9.58. The minimum atomic E-state index is 0.365. The van der Waals surface area contributed by atoms with Crippen LogP contribution in [-0.4, -0.2) is 18.6 Å². The quantitative estimate of drug-likeness (QED) is 0.814. The Kier molecular flexibility index (Phi) is 3.06. The molecule has 1 aromatic heterocycles. The smallest absolute Gasteiger partial charge is 0.0306 e. The van der Waals surface area contributed by atoms with E-state index >= 15 is 0 Å². The first-order valence-corrected chi connectivity index (χ1v) is 5.86. The molecule has 1 aliphatic carbocycles. The van der Waals surface area contributed by atoms with E-state index in [0.717, 1.165) is 12.5 Å². The van der Waals surface area contributed by atoms with Crippen LogP contribution in [-0.2, 0) is 5.41 Å². The number of hydrogen-bond acceptors (Lipinski definition) is 2. The molecule has 15 heavy (non-hydrogen) atoms. The summed E-state index contributed by atoms with van der Waals surface area (Å²) in [6.45, 7) is 3.37. The van der Waals surface area contributed by atoms with E-state index in [-0.39, 0.29) is 0 Å². The van der Waals surface area contributed by atoms with E-state index in [9.17, 15) is 0 Å². The lowest BCUT2D eigenvalue weighted by molar-refractivity contribution is 0.136. The van der Waals surface area contributed by atoms with Gasteiger partial charge >= 0.3 is 0 Å². The van der Waals surface area contributed by atoms with E-state index in [4.69, 9.17) is 0 Å². The third-order valence-electron chi connectivity index (χ3n) is 3.73. The Hall–Kier alpha value is -0.890. The van der Waals surface area contributed by atoms with Gasteiger partial charge in [0.25, 0.3) is 0 Å². The van der Waals surface area contributed by atoms with Crippen molar-refractivity contribution >= 4 is 0 Å². The van der Waals surface area contributed by atoms with E-state index in [2.05, 4.69) is 23.3 Å². The van der Waals surface area contributed by atoms with Crippen LogP contribution in [0, 0.1) is 5.92 Å². The molecule has 1 aliphatic rings. The van der Waals surface area contributed by atoms with Crippen molar-refractivity contribution in [3.8, 4) is 0 Å². The average Bonchev–Trinajstić information content (AvgIpc) is 2.24. The average molecular weight is 204 g/mol. The zero-order chi connectivity index (χ0) is 10.7. The molecule has 0 saturated heterocycles. The minimum absolute atomic E-state index is 0.365. The van der Waals surface area contributed by atoms with Crippen LogP contribution in [0.2, 0.25) is 0 Å². The number of nitrogens with one attached hydrogen (secondary N) is 1. The molecule has 0 atom stereocenters. The van der Waals surface area contributed by atoms with Gasteiger partial charge in [0, 0.05) is 24.4 Å². The molecular formula is C13H20N2. The van der Waals surface area contributed by atoms with Gasteiger partial charge in [-0.05, 0) is 37.4 Å². The molecule has 0 aliphatic heterocycles. The van der Waals surface area contributed by atoms with Crippen molar-refractivity contribution < 1.29 is 0 Å². The number of nitrogens with zero attached hydrogens (tertiary/aromatic N) is 1. The second kappa shape index (κ2) is 4.31. The SMILES string of the molecule is CCC1CC(CNC)(c2cccnc2)C1. The van der Waals surface area contributed by atoms with Gasteiger partial charge in [0.15, 0.2) is 0 Å². The van der Waals surface area contributed by atoms with Crippen LogP contribution < -0.4 is 5.32 Å². The highest BCUT2D eigenvalue weighted by atomic mass is 14.8. The fourth-order valence-electron chi connectivity index (χ4n) is 2.83. The van der Waals surface area contributed by atoms with Gasteiger partial charge in [-0.15, -0.1) is 0 Å². The van der Waals surface area contributed by atoms with Crippen molar-refractivity contribution in [3.63, 3.8) is 0 Å². The Balaban J connectivity index is 2.15. The molecule has 0 spiro atoms. The summed E-state index contributed by atoms with van der Waals surface area (Å²) in [4.78, 5) is 4.24. The first kappa shape index (κ1) is 10.6. The van der Waals surface area contributed by atoms with Crippen LogP contribution in [0.5, 0.6) is 0 Å². The first-order chi connectivity index (χ1) is 7.30. The van der Waals surface area contributed by atoms with Crippen molar-refractivity contribution in [1.29, 1.82) is 0 Å². The summed E-state index contributed by atoms with van der Waals surface area (Å²) in [6, 6.07) is 4.27. The zero-order valence-electron chi connectivity index (χ0n) is 9.66. The van der Waals surface area contributed by atoms with E-state index in [0.29, 0.717) is 5.41 Å². The summed E-state index contributed by atoms with van der Waals surface area (Å²) >= 11 is 0. The van der Waals surface area contributed by atoms with Crippen LogP contribution in [0.4, 0.5) is 0 Å². The molecule has 1 saturated carbocycles. The second-order valence-corrected chi connectivity index (χ2v) is 4.73. The van der Waals surface area contributed by atoms with Gasteiger partial charge in [0.05, 0.1) is 0 Å². The maximum Gasteiger partial charge on any atom is 0.0306 e. The normalized spacial score (nSPS) is 29.9. The fraction of sp³-hybridized carbons (Fsp3) is 0.615. The van der Waals surface area contributed by atoms with Crippen molar-refractivity contribution in [1.82, 2.24) is 10.3 Å². The lowest BCUT2D eigenvalue weighted by Gasteiger charge is -2.48. The summed E-state index contributed by atoms with van der Waals surface area (Å²) in [6.07, 6.45) is 7.83. The molecule has 1 N–H and O–H groups in total. The Morgan fingerprint density at radius 2 is 2.33 bits per heavy atom. The maximum absolute atomic E-state index is 4.24. The van der Waals surface area contributed by atoms with Gasteiger partial charge in [0.2, 0.25) is 0 Å². The summed E-state index contributed by atoms with van der Waals surface area (Å²) in [5.74, 6) is 0.915. The number of pyridine rings is 1. The molecule has 0 unspecified atom stereocenters. The third-order valence-corrected chi connectivity index (χ3v) is 3.73. The monoisotopic (exact) mass is 204 g/mol. The highest BCUT2D eigenvalue weighted by Gasteiger charge is 2.43. The lowest BCUT2D eigenvalue weighted by Crippen LogP contribution is -2.47. The van der Waals surface area contributed by atoms with Crippen molar-refractivity contribution in [2.75, 3.05) is 13.6 Å². The zero-order valence-corrected chi connectivity index (χ0v) is 9.66. The van der Waals surface area contributed by atoms with E-state index in [1.807, 2.05) is 25.5 Å². The molecule has 82 valence electrons. The molecule has 0 amide bonds. The van der Waals surface area contributed by atoms with Gasteiger partial charge in [-0.2, -0.15) is 0 Å². The first-order valence-electron chi connectivity index (χ1n) is 5.86. The van der Waals surface area contributed by atoms with Crippen LogP contribution in [0.15, 0.2) is 24.5 Å². The minimum Gasteiger partial charge on any atom is -0.319 e. The molecule has 2 nitrogen and oxygen atoms in total. The molecule has 0 aromatic carbocycles. The molecule has 1 heterocycles. The standard InChI is InChI=1S/C13H20N2/c1-3-11-7-13(8-11,10-14-2)12-5-4-6-15-9-12/h4-6,9,11,14H,3,7-8,10H2,1-2H3. The fourth-order valence-corrected chi connectivity index (χ4v) is 2.83. The Labute approximate surface area is 92.1 Å². The van der Waals surface area contributed by atoms with E-state index < -0.39 is 0 Å². The Bertz CT molecular complexity index is 302. The highest BCUT2D eigenvalue weighted by Crippen LogP contribution is 2.48. The molecule has 1 aromatic rings. The van der Waals surface area contributed by atoms with Crippen LogP contribution in [0.1, 0.15) is 31.7 Å². The van der Waals surface area contributed by atoms with Crippen molar-refractivity contribution in [3.05, 3.63) is 30.1 Å². The van der Waals surface area contributed by atoms with Gasteiger partial charge in [-0.25, -0.2) is 0 Å². The van der Waals surface area contributed by atoms with Crippen molar-refractivity contribution in [2.24, 2.45) is 5.92 Å². The Morgan fingerprint density at radius 1 is 1.53 bits per heavy atom. The predicted molar refractivity (Wildman–Crippen MR) is 62.9 cm³/mol. The summed E-state index contributed by atoms with van der Waals surface area (Å²) in [5.41, 5.74) is 1.77. The molecule has 1 fully saturated rings. The third kappa shape index (κ3) is 1.91. The van der Waals surface area contributed by atoms with Gasteiger partial charge in [0.1, 0.15) is 0 Å². The van der Waals surface area contributed by atoms with E-state index in [1.54, 1.807) is 0 Å². The van der Waals surface area contributed by atoms with Gasteiger partial charge in [-0.1, -0.05) is 19.4 Å². The Morgan fingerprint density at radius 3 is 2.87 bits per heavy atom.